The predicted octanol–water partition coefficient (Wildman–Crippen LogP) is 4.51. The molecule has 3 rings (SSSR count). The van der Waals surface area contributed by atoms with Crippen LogP contribution in [0, 0.1) is 5.92 Å². The van der Waals surface area contributed by atoms with Crippen LogP contribution in [0.15, 0.2) is 27.7 Å². The highest BCUT2D eigenvalue weighted by Gasteiger charge is 2.32. The minimum absolute atomic E-state index is 0.0181. The fourth-order valence-corrected chi connectivity index (χ4v) is 3.41. The molecule has 1 N–H and O–H groups in total. The monoisotopic (exact) mass is 306 g/mol. The SMILES string of the molecule is CC1(C)NC(C2CCCC2)=Nc2cc(Br)ccc21. The van der Waals surface area contributed by atoms with Gasteiger partial charge in [0, 0.05) is 16.0 Å². The first-order valence-electron chi connectivity index (χ1n) is 6.73. The zero-order chi connectivity index (χ0) is 12.8. The topological polar surface area (TPSA) is 24.4 Å². The van der Waals surface area contributed by atoms with Crippen molar-refractivity contribution in [2.75, 3.05) is 0 Å². The molecule has 2 nitrogen and oxygen atoms in total. The Morgan fingerprint density at radius 2 is 2.00 bits per heavy atom. The third kappa shape index (κ3) is 2.09. The molecule has 1 fully saturated rings. The van der Waals surface area contributed by atoms with Crippen molar-refractivity contribution in [3.05, 3.63) is 28.2 Å². The molecule has 1 saturated carbocycles. The fourth-order valence-electron chi connectivity index (χ4n) is 3.06. The Kier molecular flexibility index (Phi) is 2.97. The summed E-state index contributed by atoms with van der Waals surface area (Å²) in [5.74, 6) is 1.83. The van der Waals surface area contributed by atoms with Crippen molar-refractivity contribution < 1.29 is 0 Å². The molecule has 0 amide bonds. The van der Waals surface area contributed by atoms with Crippen molar-refractivity contribution in [2.45, 2.75) is 45.1 Å². The number of fused-ring (bicyclic) bond motifs is 1. The Morgan fingerprint density at radius 3 is 2.72 bits per heavy atom. The lowest BCUT2D eigenvalue weighted by Crippen LogP contribution is -2.45. The van der Waals surface area contributed by atoms with Crippen LogP contribution in [0.2, 0.25) is 0 Å². The molecular formula is C15H19BrN2. The van der Waals surface area contributed by atoms with Gasteiger partial charge in [0.15, 0.2) is 0 Å². The summed E-state index contributed by atoms with van der Waals surface area (Å²) in [7, 11) is 0. The number of benzene rings is 1. The number of nitrogens with zero attached hydrogens (tertiary/aromatic N) is 1. The van der Waals surface area contributed by atoms with Crippen molar-refractivity contribution >= 4 is 27.5 Å². The minimum atomic E-state index is -0.0181. The lowest BCUT2D eigenvalue weighted by molar-refractivity contribution is 0.462. The molecule has 1 aliphatic carbocycles. The molecule has 2 aliphatic rings. The molecule has 1 aliphatic heterocycles. The van der Waals surface area contributed by atoms with Gasteiger partial charge in [-0.1, -0.05) is 34.8 Å². The normalized spacial score (nSPS) is 22.3. The molecule has 0 saturated heterocycles. The Labute approximate surface area is 117 Å². The maximum atomic E-state index is 4.86. The average molecular weight is 307 g/mol. The van der Waals surface area contributed by atoms with Gasteiger partial charge in [0.1, 0.15) is 5.84 Å². The number of nitrogens with one attached hydrogen (secondary N) is 1. The van der Waals surface area contributed by atoms with E-state index in [-0.39, 0.29) is 5.54 Å². The third-order valence-corrected chi connectivity index (χ3v) is 4.55. The smallest absolute Gasteiger partial charge is 0.106 e. The van der Waals surface area contributed by atoms with E-state index in [9.17, 15) is 0 Å². The molecule has 0 aromatic heterocycles. The molecule has 3 heteroatoms. The number of hydrogen-bond acceptors (Lipinski definition) is 2. The lowest BCUT2D eigenvalue weighted by atomic mass is 9.89. The van der Waals surface area contributed by atoms with Crippen molar-refractivity contribution in [3.63, 3.8) is 0 Å². The average Bonchev–Trinajstić information content (AvgIpc) is 2.80. The van der Waals surface area contributed by atoms with Gasteiger partial charge < -0.3 is 5.32 Å². The minimum Gasteiger partial charge on any atom is -0.364 e. The Balaban J connectivity index is 2.04. The summed E-state index contributed by atoms with van der Waals surface area (Å²) in [6.45, 7) is 4.48. The second-order valence-electron chi connectivity index (χ2n) is 5.89. The van der Waals surface area contributed by atoms with Crippen LogP contribution in [0.1, 0.15) is 45.1 Å². The first-order chi connectivity index (χ1) is 8.56. The molecule has 18 heavy (non-hydrogen) atoms. The van der Waals surface area contributed by atoms with Crippen LogP contribution in [0.5, 0.6) is 0 Å². The van der Waals surface area contributed by atoms with Crippen LogP contribution in [0.3, 0.4) is 0 Å². The third-order valence-electron chi connectivity index (χ3n) is 4.06. The van der Waals surface area contributed by atoms with Gasteiger partial charge in [0.2, 0.25) is 0 Å². The zero-order valence-corrected chi connectivity index (χ0v) is 12.5. The summed E-state index contributed by atoms with van der Waals surface area (Å²) in [6, 6.07) is 6.40. The number of hydrogen-bond donors (Lipinski definition) is 1. The Hall–Kier alpha value is -0.830. The summed E-state index contributed by atoms with van der Waals surface area (Å²) in [6.07, 6.45) is 5.25. The van der Waals surface area contributed by atoms with E-state index in [1.807, 2.05) is 0 Å². The summed E-state index contributed by atoms with van der Waals surface area (Å²) >= 11 is 3.54. The number of halogens is 1. The van der Waals surface area contributed by atoms with E-state index in [0.717, 1.165) is 10.2 Å². The molecule has 1 aromatic rings. The van der Waals surface area contributed by atoms with Crippen LogP contribution in [-0.2, 0) is 5.54 Å². The van der Waals surface area contributed by atoms with Crippen molar-refractivity contribution in [1.29, 1.82) is 0 Å². The van der Waals surface area contributed by atoms with Gasteiger partial charge in [0.25, 0.3) is 0 Å². The highest BCUT2D eigenvalue weighted by atomic mass is 79.9. The molecule has 96 valence electrons. The van der Waals surface area contributed by atoms with E-state index >= 15 is 0 Å². The molecule has 0 radical (unpaired) electrons. The fraction of sp³-hybridized carbons (Fsp3) is 0.533. The molecule has 0 spiro atoms. The maximum absolute atomic E-state index is 4.86. The van der Waals surface area contributed by atoms with E-state index in [1.165, 1.54) is 37.1 Å². The quantitative estimate of drug-likeness (QED) is 0.811. The molecular weight excluding hydrogens is 288 g/mol. The van der Waals surface area contributed by atoms with Gasteiger partial charge in [-0.05, 0) is 38.8 Å². The summed E-state index contributed by atoms with van der Waals surface area (Å²) in [5, 5.41) is 3.64. The molecule has 0 unspecified atom stereocenters. The Bertz CT molecular complexity index is 499. The van der Waals surface area contributed by atoms with Gasteiger partial charge in [-0.2, -0.15) is 0 Å². The van der Waals surface area contributed by atoms with E-state index < -0.39 is 0 Å². The maximum Gasteiger partial charge on any atom is 0.106 e. The first kappa shape index (κ1) is 12.2. The number of aliphatic imine (C=N–C) groups is 1. The van der Waals surface area contributed by atoms with Gasteiger partial charge in [-0.15, -0.1) is 0 Å². The van der Waals surface area contributed by atoms with Crippen molar-refractivity contribution in [1.82, 2.24) is 5.32 Å². The van der Waals surface area contributed by atoms with Crippen LogP contribution < -0.4 is 5.32 Å². The first-order valence-corrected chi connectivity index (χ1v) is 7.52. The Morgan fingerprint density at radius 1 is 1.28 bits per heavy atom. The highest BCUT2D eigenvalue weighted by molar-refractivity contribution is 9.10. The van der Waals surface area contributed by atoms with E-state index in [4.69, 9.17) is 4.99 Å². The van der Waals surface area contributed by atoms with Crippen molar-refractivity contribution in [3.8, 4) is 0 Å². The van der Waals surface area contributed by atoms with E-state index in [0.29, 0.717) is 5.92 Å². The van der Waals surface area contributed by atoms with Crippen LogP contribution in [-0.4, -0.2) is 5.84 Å². The largest absolute Gasteiger partial charge is 0.364 e. The van der Waals surface area contributed by atoms with E-state index in [1.54, 1.807) is 0 Å². The number of amidine groups is 1. The standard InChI is InChI=1S/C15H19BrN2/c1-15(2)12-8-7-11(16)9-13(12)17-14(18-15)10-5-3-4-6-10/h7-10H,3-6H2,1-2H3,(H,17,18). The molecule has 1 heterocycles. The molecule has 1 aromatic carbocycles. The summed E-state index contributed by atoms with van der Waals surface area (Å²) in [5.41, 5.74) is 2.39. The van der Waals surface area contributed by atoms with Crippen LogP contribution in [0.4, 0.5) is 5.69 Å². The zero-order valence-electron chi connectivity index (χ0n) is 11.0. The van der Waals surface area contributed by atoms with Gasteiger partial charge in [-0.25, -0.2) is 4.99 Å². The lowest BCUT2D eigenvalue weighted by Gasteiger charge is -2.35. The van der Waals surface area contributed by atoms with Crippen molar-refractivity contribution in [2.24, 2.45) is 10.9 Å². The molecule has 0 atom stereocenters. The van der Waals surface area contributed by atoms with E-state index in [2.05, 4.69) is 53.3 Å². The summed E-state index contributed by atoms with van der Waals surface area (Å²) < 4.78 is 1.11. The molecule has 0 bridgehead atoms. The van der Waals surface area contributed by atoms with Crippen LogP contribution in [0.25, 0.3) is 0 Å². The van der Waals surface area contributed by atoms with Gasteiger partial charge >= 0.3 is 0 Å². The second kappa shape index (κ2) is 4.37. The van der Waals surface area contributed by atoms with Crippen LogP contribution >= 0.6 is 15.9 Å². The van der Waals surface area contributed by atoms with Gasteiger partial charge in [-0.3, -0.25) is 0 Å². The predicted molar refractivity (Wildman–Crippen MR) is 79.4 cm³/mol. The number of rotatable bonds is 1. The highest BCUT2D eigenvalue weighted by Crippen LogP contribution is 2.38. The second-order valence-corrected chi connectivity index (χ2v) is 6.81. The summed E-state index contributed by atoms with van der Waals surface area (Å²) in [4.78, 5) is 4.86. The van der Waals surface area contributed by atoms with Gasteiger partial charge in [0.05, 0.1) is 11.2 Å².